The Morgan fingerprint density at radius 3 is 2.72 bits per heavy atom. The van der Waals surface area contributed by atoms with Crippen molar-refractivity contribution in [3.63, 3.8) is 0 Å². The smallest absolute Gasteiger partial charge is 0.141 e. The molecule has 2 N–H and O–H groups in total. The van der Waals surface area contributed by atoms with Crippen LogP contribution in [0, 0.1) is 0 Å². The number of hydrogen-bond acceptors (Lipinski definition) is 4. The molecule has 18 heavy (non-hydrogen) atoms. The summed E-state index contributed by atoms with van der Waals surface area (Å²) in [6, 6.07) is 9.13. The molecule has 0 saturated heterocycles. The third kappa shape index (κ3) is 3.00. The summed E-state index contributed by atoms with van der Waals surface area (Å²) in [6.07, 6.45) is 1.68. The molecule has 0 amide bonds. The van der Waals surface area contributed by atoms with E-state index in [1.54, 1.807) is 19.4 Å². The van der Waals surface area contributed by atoms with Gasteiger partial charge in [-0.05, 0) is 40.2 Å². The maximum absolute atomic E-state index is 5.75. The van der Waals surface area contributed by atoms with Crippen molar-refractivity contribution in [2.45, 2.75) is 6.54 Å². The number of aromatic nitrogens is 1. The number of rotatable bonds is 4. The summed E-state index contributed by atoms with van der Waals surface area (Å²) in [4.78, 5) is 4.11. The molecule has 5 heteroatoms. The molecule has 1 aromatic heterocycles. The normalized spacial score (nSPS) is 10.2. The van der Waals surface area contributed by atoms with Gasteiger partial charge in [0.25, 0.3) is 0 Å². The average Bonchev–Trinajstić information content (AvgIpc) is 2.41. The summed E-state index contributed by atoms with van der Waals surface area (Å²) >= 11 is 3.44. The minimum atomic E-state index is 0.390. The highest BCUT2D eigenvalue weighted by atomic mass is 79.9. The van der Waals surface area contributed by atoms with Crippen molar-refractivity contribution in [3.05, 3.63) is 46.7 Å². The van der Waals surface area contributed by atoms with E-state index >= 15 is 0 Å². The molecule has 0 bridgehead atoms. The number of benzene rings is 1. The van der Waals surface area contributed by atoms with E-state index in [0.29, 0.717) is 18.0 Å². The van der Waals surface area contributed by atoms with Gasteiger partial charge in [-0.25, -0.2) is 0 Å². The standard InChI is InChI=1S/C13H13BrN2O2/c1-17-10-2-3-13(12(14)7-10)18-11-4-5-16-9(6-11)8-15/h2-7H,8,15H2,1H3. The zero-order chi connectivity index (χ0) is 13.0. The molecule has 0 aliphatic carbocycles. The summed E-state index contributed by atoms with van der Waals surface area (Å²) in [7, 11) is 1.62. The quantitative estimate of drug-likeness (QED) is 0.943. The predicted molar refractivity (Wildman–Crippen MR) is 72.9 cm³/mol. The lowest BCUT2D eigenvalue weighted by molar-refractivity contribution is 0.412. The van der Waals surface area contributed by atoms with Gasteiger partial charge in [-0.1, -0.05) is 0 Å². The summed E-state index contributed by atoms with van der Waals surface area (Å²) in [5, 5.41) is 0. The second-order valence-corrected chi connectivity index (χ2v) is 4.44. The van der Waals surface area contributed by atoms with Crippen molar-refractivity contribution in [3.8, 4) is 17.2 Å². The van der Waals surface area contributed by atoms with Crippen molar-refractivity contribution >= 4 is 15.9 Å². The average molecular weight is 309 g/mol. The molecule has 94 valence electrons. The van der Waals surface area contributed by atoms with Gasteiger partial charge in [-0.15, -0.1) is 0 Å². The van der Waals surface area contributed by atoms with Crippen molar-refractivity contribution in [1.29, 1.82) is 0 Å². The molecule has 2 rings (SSSR count). The minimum Gasteiger partial charge on any atom is -0.497 e. The number of pyridine rings is 1. The number of halogens is 1. The Kier molecular flexibility index (Phi) is 4.17. The van der Waals surface area contributed by atoms with Gasteiger partial charge in [-0.2, -0.15) is 0 Å². The van der Waals surface area contributed by atoms with Gasteiger partial charge in [0.15, 0.2) is 0 Å². The van der Waals surface area contributed by atoms with Gasteiger partial charge >= 0.3 is 0 Å². The van der Waals surface area contributed by atoms with Gasteiger partial charge in [0.2, 0.25) is 0 Å². The Bertz CT molecular complexity index is 546. The van der Waals surface area contributed by atoms with Gasteiger partial charge < -0.3 is 15.2 Å². The van der Waals surface area contributed by atoms with Crippen LogP contribution in [0.2, 0.25) is 0 Å². The molecule has 0 atom stereocenters. The molecule has 4 nitrogen and oxygen atoms in total. The third-order valence-electron chi connectivity index (χ3n) is 2.36. The SMILES string of the molecule is COc1ccc(Oc2ccnc(CN)c2)c(Br)c1. The molecule has 0 aliphatic heterocycles. The van der Waals surface area contributed by atoms with E-state index in [4.69, 9.17) is 15.2 Å². The Morgan fingerprint density at radius 2 is 2.06 bits per heavy atom. The summed E-state index contributed by atoms with van der Waals surface area (Å²) < 4.78 is 11.7. The van der Waals surface area contributed by atoms with E-state index in [2.05, 4.69) is 20.9 Å². The second-order valence-electron chi connectivity index (χ2n) is 3.59. The molecular formula is C13H13BrN2O2. The number of methoxy groups -OCH3 is 1. The summed E-state index contributed by atoms with van der Waals surface area (Å²) in [5.41, 5.74) is 6.33. The fourth-order valence-electron chi connectivity index (χ4n) is 1.45. The maximum atomic E-state index is 5.75. The number of ether oxygens (including phenoxy) is 2. The van der Waals surface area contributed by atoms with Crippen LogP contribution < -0.4 is 15.2 Å². The molecular weight excluding hydrogens is 296 g/mol. The summed E-state index contributed by atoms with van der Waals surface area (Å²) in [5.74, 6) is 2.19. The number of nitrogens with two attached hydrogens (primary N) is 1. The van der Waals surface area contributed by atoms with E-state index in [9.17, 15) is 0 Å². The first-order valence-corrected chi connectivity index (χ1v) is 6.18. The maximum Gasteiger partial charge on any atom is 0.141 e. The zero-order valence-corrected chi connectivity index (χ0v) is 11.5. The Balaban J connectivity index is 2.22. The summed E-state index contributed by atoms with van der Waals surface area (Å²) in [6.45, 7) is 0.390. The fourth-order valence-corrected chi connectivity index (χ4v) is 1.89. The van der Waals surface area contributed by atoms with E-state index in [1.165, 1.54) is 0 Å². The van der Waals surface area contributed by atoms with Crippen LogP contribution >= 0.6 is 15.9 Å². The first-order chi connectivity index (χ1) is 8.72. The van der Waals surface area contributed by atoms with E-state index < -0.39 is 0 Å². The van der Waals surface area contributed by atoms with Crippen LogP contribution in [0.4, 0.5) is 0 Å². The molecule has 0 aliphatic rings. The molecule has 0 spiro atoms. The largest absolute Gasteiger partial charge is 0.497 e. The van der Waals surface area contributed by atoms with Crippen molar-refractivity contribution in [1.82, 2.24) is 4.98 Å². The van der Waals surface area contributed by atoms with Gasteiger partial charge in [-0.3, -0.25) is 4.98 Å². The molecule has 1 heterocycles. The van der Waals surface area contributed by atoms with Crippen LogP contribution in [-0.2, 0) is 6.54 Å². The molecule has 0 fully saturated rings. The number of nitrogens with zero attached hydrogens (tertiary/aromatic N) is 1. The molecule has 0 saturated carbocycles. The zero-order valence-electron chi connectivity index (χ0n) is 9.89. The third-order valence-corrected chi connectivity index (χ3v) is 2.98. The van der Waals surface area contributed by atoms with Crippen LogP contribution in [0.25, 0.3) is 0 Å². The van der Waals surface area contributed by atoms with Crippen LogP contribution in [-0.4, -0.2) is 12.1 Å². The lowest BCUT2D eigenvalue weighted by Crippen LogP contribution is -1.99. The molecule has 0 unspecified atom stereocenters. The van der Waals surface area contributed by atoms with Crippen molar-refractivity contribution < 1.29 is 9.47 Å². The Labute approximate surface area is 114 Å². The lowest BCUT2D eigenvalue weighted by atomic mass is 10.3. The molecule has 2 aromatic rings. The van der Waals surface area contributed by atoms with Crippen molar-refractivity contribution in [2.24, 2.45) is 5.73 Å². The van der Waals surface area contributed by atoms with Crippen LogP contribution in [0.1, 0.15) is 5.69 Å². The van der Waals surface area contributed by atoms with Crippen molar-refractivity contribution in [2.75, 3.05) is 7.11 Å². The highest BCUT2D eigenvalue weighted by Gasteiger charge is 2.05. The second kappa shape index (κ2) is 5.84. The van der Waals surface area contributed by atoms with E-state index in [1.807, 2.05) is 24.3 Å². The van der Waals surface area contributed by atoms with Gasteiger partial charge in [0.05, 0.1) is 17.3 Å². The predicted octanol–water partition coefficient (Wildman–Crippen LogP) is 3.10. The molecule has 0 radical (unpaired) electrons. The van der Waals surface area contributed by atoms with Gasteiger partial charge in [0.1, 0.15) is 17.2 Å². The Morgan fingerprint density at radius 1 is 1.22 bits per heavy atom. The molecule has 1 aromatic carbocycles. The first-order valence-electron chi connectivity index (χ1n) is 5.39. The van der Waals surface area contributed by atoms with Gasteiger partial charge in [0, 0.05) is 18.8 Å². The van der Waals surface area contributed by atoms with Crippen LogP contribution in [0.5, 0.6) is 17.2 Å². The monoisotopic (exact) mass is 308 g/mol. The highest BCUT2D eigenvalue weighted by Crippen LogP contribution is 2.32. The topological polar surface area (TPSA) is 57.4 Å². The van der Waals surface area contributed by atoms with E-state index in [-0.39, 0.29) is 0 Å². The highest BCUT2D eigenvalue weighted by molar-refractivity contribution is 9.10. The lowest BCUT2D eigenvalue weighted by Gasteiger charge is -2.09. The van der Waals surface area contributed by atoms with E-state index in [0.717, 1.165) is 15.9 Å². The Hall–Kier alpha value is -1.59. The minimum absolute atomic E-state index is 0.390. The van der Waals surface area contributed by atoms with Crippen LogP contribution in [0.15, 0.2) is 41.0 Å². The van der Waals surface area contributed by atoms with Crippen LogP contribution in [0.3, 0.4) is 0 Å². The first kappa shape index (κ1) is 12.9. The number of hydrogen-bond donors (Lipinski definition) is 1. The fraction of sp³-hybridized carbons (Fsp3) is 0.154.